The number of nitrogens with zero attached hydrogens (tertiary/aromatic N) is 2. The topological polar surface area (TPSA) is 106 Å². The molecular formula is C20H48N6O4. The van der Waals surface area contributed by atoms with Crippen molar-refractivity contribution < 1.29 is 19.0 Å². The normalized spacial score (nSPS) is 17.0. The minimum atomic E-state index is -1.68. The van der Waals surface area contributed by atoms with E-state index in [4.69, 9.17) is 24.8 Å². The first-order valence-electron chi connectivity index (χ1n) is 11.1. The van der Waals surface area contributed by atoms with Crippen LogP contribution in [0.1, 0.15) is 68.2 Å². The third-order valence-corrected chi connectivity index (χ3v) is 4.35. The molecule has 0 amide bonds. The summed E-state index contributed by atoms with van der Waals surface area (Å²) in [4.78, 5) is 6.08. The molecule has 0 aromatic heterocycles. The molecular weight excluding hydrogens is 388 g/mol. The summed E-state index contributed by atoms with van der Waals surface area (Å²) in [5.41, 5.74) is 5.96. The molecule has 0 radical (unpaired) electrons. The molecule has 0 bridgehead atoms. The Labute approximate surface area is 184 Å². The maximum absolute atomic E-state index is 6.86. The van der Waals surface area contributed by atoms with Gasteiger partial charge in [-0.15, -0.1) is 0 Å². The van der Waals surface area contributed by atoms with Crippen LogP contribution in [0.15, 0.2) is 0 Å². The monoisotopic (exact) mass is 436 g/mol. The van der Waals surface area contributed by atoms with Gasteiger partial charge in [-0.05, 0) is 67.6 Å². The van der Waals surface area contributed by atoms with Crippen LogP contribution in [-0.2, 0) is 19.0 Å². The van der Waals surface area contributed by atoms with Crippen LogP contribution >= 0.6 is 0 Å². The number of ether oxygens (including phenoxy) is 3. The molecule has 30 heavy (non-hydrogen) atoms. The van der Waals surface area contributed by atoms with Crippen LogP contribution in [-0.4, -0.2) is 74.4 Å². The minimum Gasteiger partial charge on any atom is -0.361 e. The van der Waals surface area contributed by atoms with Crippen molar-refractivity contribution >= 4 is 0 Å². The second-order valence-electron chi connectivity index (χ2n) is 7.72. The molecule has 0 saturated heterocycles. The van der Waals surface area contributed by atoms with E-state index in [1.54, 1.807) is 17.3 Å². The van der Waals surface area contributed by atoms with E-state index in [2.05, 4.69) is 22.9 Å². The standard InChI is InChI=1S/C20H48N6O4/c1-11-15-24-20(22-9,23-13-3)25(26(29-14-4)18(7,8)27-10)19(21,28-16-12-2)30-17(5)6/h17,22-24H,11-16,21H2,1-10H3. The van der Waals surface area contributed by atoms with Crippen molar-refractivity contribution in [2.45, 2.75) is 92.0 Å². The molecule has 0 aliphatic heterocycles. The van der Waals surface area contributed by atoms with Crippen molar-refractivity contribution in [2.75, 3.05) is 40.5 Å². The average molecular weight is 437 g/mol. The Morgan fingerprint density at radius 3 is 2.07 bits per heavy atom. The van der Waals surface area contributed by atoms with Gasteiger partial charge in [0.25, 0.3) is 0 Å². The van der Waals surface area contributed by atoms with E-state index in [1.807, 2.05) is 55.5 Å². The van der Waals surface area contributed by atoms with Gasteiger partial charge in [0, 0.05) is 7.11 Å². The van der Waals surface area contributed by atoms with Crippen molar-refractivity contribution in [3.63, 3.8) is 0 Å². The lowest BCUT2D eigenvalue weighted by Gasteiger charge is -2.56. The van der Waals surface area contributed by atoms with Gasteiger partial charge in [-0.25, -0.2) is 0 Å². The number of methoxy groups -OCH3 is 1. The summed E-state index contributed by atoms with van der Waals surface area (Å²) in [6.07, 6.45) is 1.46. The highest BCUT2D eigenvalue weighted by Crippen LogP contribution is 2.30. The molecule has 0 fully saturated rings. The van der Waals surface area contributed by atoms with Crippen LogP contribution in [0.4, 0.5) is 0 Å². The fourth-order valence-electron chi connectivity index (χ4n) is 2.94. The van der Waals surface area contributed by atoms with Gasteiger partial charge >= 0.3 is 6.03 Å². The van der Waals surface area contributed by atoms with Crippen LogP contribution < -0.4 is 21.7 Å². The molecule has 0 spiro atoms. The van der Waals surface area contributed by atoms with Gasteiger partial charge in [-0.2, -0.15) is 0 Å². The Hall–Kier alpha value is -0.400. The number of rotatable bonds is 18. The highest BCUT2D eigenvalue weighted by molar-refractivity contribution is 4.86. The van der Waals surface area contributed by atoms with Crippen LogP contribution in [0.5, 0.6) is 0 Å². The zero-order valence-corrected chi connectivity index (χ0v) is 20.9. The predicted octanol–water partition coefficient (Wildman–Crippen LogP) is 1.70. The molecule has 0 aromatic carbocycles. The zero-order chi connectivity index (χ0) is 23.4. The molecule has 0 rings (SSSR count). The molecule has 10 nitrogen and oxygen atoms in total. The molecule has 2 atom stereocenters. The molecule has 0 aliphatic rings. The van der Waals surface area contributed by atoms with Gasteiger partial charge in [0.05, 0.1) is 19.3 Å². The van der Waals surface area contributed by atoms with Gasteiger partial charge in [0.1, 0.15) is 0 Å². The van der Waals surface area contributed by atoms with Gasteiger partial charge in [-0.1, -0.05) is 31.0 Å². The first kappa shape index (κ1) is 29.6. The Kier molecular flexibility index (Phi) is 13.7. The Morgan fingerprint density at radius 2 is 1.67 bits per heavy atom. The molecule has 182 valence electrons. The van der Waals surface area contributed by atoms with Crippen molar-refractivity contribution in [3.8, 4) is 0 Å². The van der Waals surface area contributed by atoms with Gasteiger partial charge < -0.3 is 14.2 Å². The van der Waals surface area contributed by atoms with Gasteiger partial charge in [-0.3, -0.25) is 26.5 Å². The summed E-state index contributed by atoms with van der Waals surface area (Å²) in [5, 5.41) is 13.6. The van der Waals surface area contributed by atoms with E-state index < -0.39 is 17.7 Å². The molecule has 0 aromatic rings. The Balaban J connectivity index is 6.82. The molecule has 0 heterocycles. The van der Waals surface area contributed by atoms with E-state index in [0.29, 0.717) is 26.3 Å². The van der Waals surface area contributed by atoms with Crippen LogP contribution in [0.25, 0.3) is 0 Å². The summed E-state index contributed by atoms with van der Waals surface area (Å²) in [6.45, 7) is 17.7. The number of hydrazine groups is 1. The summed E-state index contributed by atoms with van der Waals surface area (Å²) >= 11 is 0. The fourth-order valence-corrected chi connectivity index (χ4v) is 2.94. The smallest absolute Gasteiger partial charge is 0.311 e. The first-order valence-corrected chi connectivity index (χ1v) is 11.1. The maximum Gasteiger partial charge on any atom is 0.311 e. The number of nitrogens with two attached hydrogens (primary N) is 1. The molecule has 2 unspecified atom stereocenters. The molecule has 0 saturated carbocycles. The number of hydrogen-bond acceptors (Lipinski definition) is 10. The highest BCUT2D eigenvalue weighted by atomic mass is 16.8. The fraction of sp³-hybridized carbons (Fsp3) is 1.00. The van der Waals surface area contributed by atoms with E-state index in [-0.39, 0.29) is 6.10 Å². The lowest BCUT2D eigenvalue weighted by atomic mass is 10.3. The summed E-state index contributed by atoms with van der Waals surface area (Å²) in [5.74, 6) is -1.06. The summed E-state index contributed by atoms with van der Waals surface area (Å²) in [7, 11) is 3.45. The summed E-state index contributed by atoms with van der Waals surface area (Å²) < 4.78 is 18.1. The van der Waals surface area contributed by atoms with E-state index in [0.717, 1.165) is 12.8 Å². The molecule has 0 aliphatic carbocycles. The lowest BCUT2D eigenvalue weighted by Crippen LogP contribution is -2.86. The zero-order valence-electron chi connectivity index (χ0n) is 20.9. The second kappa shape index (κ2) is 13.9. The van der Waals surface area contributed by atoms with E-state index in [9.17, 15) is 0 Å². The van der Waals surface area contributed by atoms with Crippen molar-refractivity contribution in [2.24, 2.45) is 5.73 Å². The van der Waals surface area contributed by atoms with Gasteiger partial charge in [0.15, 0.2) is 5.72 Å². The van der Waals surface area contributed by atoms with Crippen LogP contribution in [0.2, 0.25) is 0 Å². The third-order valence-electron chi connectivity index (χ3n) is 4.35. The van der Waals surface area contributed by atoms with Crippen molar-refractivity contribution in [3.05, 3.63) is 0 Å². The SMILES string of the molecule is CCCNC(NC)(NCC)N(N(OCC)C(C)(C)OC)C(N)(OCCC)OC(C)C. The average Bonchev–Trinajstić information content (AvgIpc) is 2.69. The number of nitrogens with one attached hydrogen (secondary N) is 3. The highest BCUT2D eigenvalue weighted by Gasteiger charge is 2.56. The number of hydrogen-bond donors (Lipinski definition) is 4. The molecule has 10 heteroatoms. The van der Waals surface area contributed by atoms with Crippen molar-refractivity contribution in [1.29, 1.82) is 0 Å². The third kappa shape index (κ3) is 7.94. The van der Waals surface area contributed by atoms with Crippen molar-refractivity contribution in [1.82, 2.24) is 26.1 Å². The number of hydroxylamine groups is 1. The van der Waals surface area contributed by atoms with Gasteiger partial charge in [0.2, 0.25) is 5.91 Å². The molecule has 5 N–H and O–H groups in total. The lowest BCUT2D eigenvalue weighted by molar-refractivity contribution is -0.502. The minimum absolute atomic E-state index is 0.217. The Morgan fingerprint density at radius 1 is 1.03 bits per heavy atom. The van der Waals surface area contributed by atoms with E-state index >= 15 is 0 Å². The summed E-state index contributed by atoms with van der Waals surface area (Å²) in [6, 6.07) is -1.68. The predicted molar refractivity (Wildman–Crippen MR) is 120 cm³/mol. The van der Waals surface area contributed by atoms with E-state index in [1.165, 1.54) is 0 Å². The maximum atomic E-state index is 6.86. The largest absolute Gasteiger partial charge is 0.361 e. The first-order chi connectivity index (χ1) is 14.0. The van der Waals surface area contributed by atoms with Crippen LogP contribution in [0.3, 0.4) is 0 Å². The quantitative estimate of drug-likeness (QED) is 0.187. The van der Waals surface area contributed by atoms with Crippen LogP contribution in [0, 0.1) is 0 Å². The second-order valence-corrected chi connectivity index (χ2v) is 7.72. The Bertz CT molecular complexity index is 457.